The highest BCUT2D eigenvalue weighted by Gasteiger charge is 2.21. The number of benzene rings is 3. The zero-order chi connectivity index (χ0) is 22.5. The average molecular weight is 428 g/mol. The lowest BCUT2D eigenvalue weighted by Gasteiger charge is -2.21. The summed E-state index contributed by atoms with van der Waals surface area (Å²) in [5.41, 5.74) is 4.99. The maximum atomic E-state index is 13.4. The lowest BCUT2D eigenvalue weighted by atomic mass is 9.97. The molecule has 0 aliphatic rings. The van der Waals surface area contributed by atoms with Crippen LogP contribution in [-0.2, 0) is 0 Å². The number of hydrogen-bond donors (Lipinski definition) is 2. The molecule has 1 unspecified atom stereocenters. The van der Waals surface area contributed by atoms with Gasteiger partial charge in [-0.05, 0) is 42.3 Å². The van der Waals surface area contributed by atoms with Gasteiger partial charge in [0.15, 0.2) is 11.5 Å². The second-order valence-corrected chi connectivity index (χ2v) is 7.30. The molecule has 1 atom stereocenters. The standard InChI is InChI=1S/C26H25N3O3/c1-4-8-19-13-20(15-23(31-2)25(19)32-3)26(30)29-24(17-9-6-5-7-10-17)18-11-12-21-22(14-18)28-16-27-21/h4-16,24H,1-3H3,(H,27,28)(H,29,30)/b8-4+. The molecule has 32 heavy (non-hydrogen) atoms. The van der Waals surface area contributed by atoms with Gasteiger partial charge in [0.05, 0.1) is 37.6 Å². The number of nitrogens with zero attached hydrogens (tertiary/aromatic N) is 1. The van der Waals surface area contributed by atoms with Crippen LogP contribution in [0.25, 0.3) is 17.1 Å². The first-order valence-electron chi connectivity index (χ1n) is 10.3. The van der Waals surface area contributed by atoms with E-state index in [0.717, 1.165) is 27.7 Å². The Balaban J connectivity index is 1.74. The molecule has 0 aliphatic heterocycles. The van der Waals surface area contributed by atoms with Crippen LogP contribution in [0.15, 0.2) is 73.1 Å². The Labute approximate surface area is 186 Å². The van der Waals surface area contributed by atoms with Crippen LogP contribution in [0.3, 0.4) is 0 Å². The fourth-order valence-electron chi connectivity index (χ4n) is 3.78. The Morgan fingerprint density at radius 3 is 2.56 bits per heavy atom. The third-order valence-electron chi connectivity index (χ3n) is 5.30. The second-order valence-electron chi connectivity index (χ2n) is 7.30. The lowest BCUT2D eigenvalue weighted by Crippen LogP contribution is -2.29. The molecule has 2 N–H and O–H groups in total. The van der Waals surface area contributed by atoms with Gasteiger partial charge in [0.1, 0.15) is 0 Å². The minimum Gasteiger partial charge on any atom is -0.493 e. The number of nitrogens with one attached hydrogen (secondary N) is 2. The third-order valence-corrected chi connectivity index (χ3v) is 5.30. The Morgan fingerprint density at radius 1 is 1.03 bits per heavy atom. The molecule has 0 saturated heterocycles. The molecule has 0 radical (unpaired) electrons. The molecule has 0 fully saturated rings. The Morgan fingerprint density at radius 2 is 1.84 bits per heavy atom. The van der Waals surface area contributed by atoms with Gasteiger partial charge >= 0.3 is 0 Å². The van der Waals surface area contributed by atoms with Gasteiger partial charge in [-0.3, -0.25) is 4.79 Å². The summed E-state index contributed by atoms with van der Waals surface area (Å²) in [5.74, 6) is 0.880. The van der Waals surface area contributed by atoms with E-state index >= 15 is 0 Å². The predicted molar refractivity (Wildman–Crippen MR) is 126 cm³/mol. The third kappa shape index (κ3) is 4.21. The number of carbonyl (C=O) groups excluding carboxylic acids is 1. The van der Waals surface area contributed by atoms with Gasteiger partial charge in [0, 0.05) is 11.1 Å². The minimum atomic E-state index is -0.338. The first-order valence-corrected chi connectivity index (χ1v) is 10.3. The van der Waals surface area contributed by atoms with Crippen molar-refractivity contribution in [2.24, 2.45) is 0 Å². The maximum Gasteiger partial charge on any atom is 0.252 e. The van der Waals surface area contributed by atoms with Crippen molar-refractivity contribution in [1.29, 1.82) is 0 Å². The van der Waals surface area contributed by atoms with Gasteiger partial charge in [-0.1, -0.05) is 48.6 Å². The molecule has 1 amide bonds. The summed E-state index contributed by atoms with van der Waals surface area (Å²) in [4.78, 5) is 20.8. The van der Waals surface area contributed by atoms with Crippen LogP contribution in [0.4, 0.5) is 0 Å². The van der Waals surface area contributed by atoms with Crippen LogP contribution in [0.2, 0.25) is 0 Å². The normalized spacial score (nSPS) is 12.1. The first-order chi connectivity index (χ1) is 15.6. The Kier molecular flexibility index (Phi) is 6.22. The first kappa shape index (κ1) is 21.2. The molecular formula is C26H25N3O3. The van der Waals surface area contributed by atoms with E-state index in [2.05, 4.69) is 15.3 Å². The highest BCUT2D eigenvalue weighted by Crippen LogP contribution is 2.34. The molecule has 0 aliphatic carbocycles. The highest BCUT2D eigenvalue weighted by atomic mass is 16.5. The largest absolute Gasteiger partial charge is 0.493 e. The van der Waals surface area contributed by atoms with E-state index in [0.29, 0.717) is 17.1 Å². The fraction of sp³-hybridized carbons (Fsp3) is 0.154. The molecule has 3 aromatic carbocycles. The summed E-state index contributed by atoms with van der Waals surface area (Å²) < 4.78 is 11.0. The van der Waals surface area contributed by atoms with E-state index in [9.17, 15) is 4.79 Å². The van der Waals surface area contributed by atoms with Crippen molar-refractivity contribution in [2.45, 2.75) is 13.0 Å². The van der Waals surface area contributed by atoms with Gasteiger partial charge in [0.25, 0.3) is 5.91 Å². The number of aromatic amines is 1. The minimum absolute atomic E-state index is 0.213. The number of fused-ring (bicyclic) bond motifs is 1. The summed E-state index contributed by atoms with van der Waals surface area (Å²) >= 11 is 0. The molecule has 0 saturated carbocycles. The van der Waals surface area contributed by atoms with Crippen molar-refractivity contribution < 1.29 is 14.3 Å². The molecule has 4 aromatic rings. The summed E-state index contributed by atoms with van der Waals surface area (Å²) in [6.45, 7) is 1.91. The van der Waals surface area contributed by atoms with Crippen LogP contribution in [-0.4, -0.2) is 30.1 Å². The Bertz CT molecular complexity index is 1260. The van der Waals surface area contributed by atoms with Crippen LogP contribution in [0.5, 0.6) is 11.5 Å². The number of imidazole rings is 1. The van der Waals surface area contributed by atoms with E-state index in [1.165, 1.54) is 0 Å². The molecule has 6 heteroatoms. The van der Waals surface area contributed by atoms with Gasteiger partial charge in [0.2, 0.25) is 0 Å². The van der Waals surface area contributed by atoms with Crippen LogP contribution >= 0.6 is 0 Å². The molecular weight excluding hydrogens is 402 g/mol. The topological polar surface area (TPSA) is 76.2 Å². The lowest BCUT2D eigenvalue weighted by molar-refractivity contribution is 0.0942. The molecule has 6 nitrogen and oxygen atoms in total. The van der Waals surface area contributed by atoms with E-state index in [-0.39, 0.29) is 11.9 Å². The van der Waals surface area contributed by atoms with Crippen molar-refractivity contribution in [2.75, 3.05) is 14.2 Å². The number of rotatable bonds is 7. The van der Waals surface area contributed by atoms with Crippen molar-refractivity contribution in [3.8, 4) is 11.5 Å². The fourth-order valence-corrected chi connectivity index (χ4v) is 3.78. The van der Waals surface area contributed by atoms with Gasteiger partial charge in [-0.2, -0.15) is 0 Å². The highest BCUT2D eigenvalue weighted by molar-refractivity contribution is 5.96. The molecule has 4 rings (SSSR count). The van der Waals surface area contributed by atoms with E-state index in [1.807, 2.05) is 67.6 Å². The van der Waals surface area contributed by atoms with E-state index in [4.69, 9.17) is 9.47 Å². The maximum absolute atomic E-state index is 13.4. The van der Waals surface area contributed by atoms with Gasteiger partial charge in [-0.15, -0.1) is 0 Å². The smallest absolute Gasteiger partial charge is 0.252 e. The molecule has 1 aromatic heterocycles. The summed E-state index contributed by atoms with van der Waals surface area (Å²) in [6, 6.07) is 19.0. The molecule has 1 heterocycles. The van der Waals surface area contributed by atoms with Crippen molar-refractivity contribution in [1.82, 2.24) is 15.3 Å². The summed E-state index contributed by atoms with van der Waals surface area (Å²) in [6.07, 6.45) is 5.45. The number of ether oxygens (including phenoxy) is 2. The molecule has 0 bridgehead atoms. The number of methoxy groups -OCH3 is 2. The van der Waals surface area contributed by atoms with E-state index in [1.54, 1.807) is 32.7 Å². The summed E-state index contributed by atoms with van der Waals surface area (Å²) in [5, 5.41) is 3.19. The predicted octanol–water partition coefficient (Wildman–Crippen LogP) is 5.13. The SMILES string of the molecule is C/C=C/c1cc(C(=O)NC(c2ccccc2)c2ccc3nc[nH]c3c2)cc(OC)c1OC. The van der Waals surface area contributed by atoms with Gasteiger partial charge < -0.3 is 19.8 Å². The summed E-state index contributed by atoms with van der Waals surface area (Å²) in [7, 11) is 3.15. The second kappa shape index (κ2) is 9.39. The number of hydrogen-bond acceptors (Lipinski definition) is 4. The van der Waals surface area contributed by atoms with Crippen LogP contribution in [0.1, 0.15) is 40.0 Å². The van der Waals surface area contributed by atoms with Gasteiger partial charge in [-0.25, -0.2) is 4.98 Å². The van der Waals surface area contributed by atoms with Crippen LogP contribution < -0.4 is 14.8 Å². The quantitative estimate of drug-likeness (QED) is 0.429. The number of allylic oxidation sites excluding steroid dienone is 1. The molecule has 0 spiro atoms. The number of H-pyrrole nitrogens is 1. The monoisotopic (exact) mass is 427 g/mol. The Hall–Kier alpha value is -4.06. The molecule has 162 valence electrons. The van der Waals surface area contributed by atoms with E-state index < -0.39 is 0 Å². The van der Waals surface area contributed by atoms with Crippen molar-refractivity contribution in [3.05, 3.63) is 95.3 Å². The number of carbonyl (C=O) groups is 1. The zero-order valence-electron chi connectivity index (χ0n) is 18.3. The van der Waals surface area contributed by atoms with Crippen LogP contribution in [0, 0.1) is 0 Å². The average Bonchev–Trinajstić information content (AvgIpc) is 3.30. The number of amides is 1. The van der Waals surface area contributed by atoms with Crippen molar-refractivity contribution >= 4 is 23.0 Å². The number of aromatic nitrogens is 2. The van der Waals surface area contributed by atoms with Crippen molar-refractivity contribution in [3.63, 3.8) is 0 Å². The zero-order valence-corrected chi connectivity index (χ0v) is 18.3.